The Morgan fingerprint density at radius 2 is 1.48 bits per heavy atom. The van der Waals surface area contributed by atoms with Crippen molar-refractivity contribution in [1.29, 1.82) is 0 Å². The van der Waals surface area contributed by atoms with Gasteiger partial charge in [-0.2, -0.15) is 0 Å². The number of methoxy groups -OCH3 is 1. The molecule has 4 nitrogen and oxygen atoms in total. The molecule has 0 fully saturated rings. The molecule has 0 amide bonds. The molecule has 3 aromatic carbocycles. The lowest BCUT2D eigenvalue weighted by atomic mass is 10.1. The molecule has 152 valence electrons. The summed E-state index contributed by atoms with van der Waals surface area (Å²) in [4.78, 5) is 2.26. The number of aryl methyl sites for hydroxylation is 1. The van der Waals surface area contributed by atoms with Gasteiger partial charge >= 0.3 is 0 Å². The van der Waals surface area contributed by atoms with E-state index in [0.717, 1.165) is 24.6 Å². The predicted octanol–water partition coefficient (Wildman–Crippen LogP) is 4.45. The molecule has 29 heavy (non-hydrogen) atoms. The third kappa shape index (κ3) is 6.63. The zero-order valence-electron chi connectivity index (χ0n) is 17.1. The highest BCUT2D eigenvalue weighted by Crippen LogP contribution is 2.18. The predicted molar refractivity (Wildman–Crippen MR) is 116 cm³/mol. The molecule has 1 N–H and O–H groups in total. The topological polar surface area (TPSA) is 41.9 Å². The fraction of sp³-hybridized carbons (Fsp3) is 0.280. The number of aliphatic hydroxyl groups is 1. The van der Waals surface area contributed by atoms with Crippen molar-refractivity contribution in [2.45, 2.75) is 26.1 Å². The van der Waals surface area contributed by atoms with Crippen LogP contribution >= 0.6 is 0 Å². The van der Waals surface area contributed by atoms with E-state index >= 15 is 0 Å². The lowest BCUT2D eigenvalue weighted by Gasteiger charge is -2.26. The lowest BCUT2D eigenvalue weighted by molar-refractivity contribution is 0.0627. The Labute approximate surface area is 173 Å². The number of nitrogens with zero attached hydrogens (tertiary/aromatic N) is 1. The Morgan fingerprint density at radius 3 is 2.17 bits per heavy atom. The zero-order valence-corrected chi connectivity index (χ0v) is 17.1. The van der Waals surface area contributed by atoms with E-state index in [-0.39, 0.29) is 6.61 Å². The van der Waals surface area contributed by atoms with E-state index in [1.807, 2.05) is 42.5 Å². The minimum absolute atomic E-state index is 0.241. The molecule has 0 heterocycles. The van der Waals surface area contributed by atoms with Gasteiger partial charge in [0.15, 0.2) is 0 Å². The summed E-state index contributed by atoms with van der Waals surface area (Å²) in [5.41, 5.74) is 3.76. The Bertz CT molecular complexity index is 865. The van der Waals surface area contributed by atoms with Crippen molar-refractivity contribution in [1.82, 2.24) is 4.90 Å². The maximum atomic E-state index is 10.6. The molecule has 0 saturated carbocycles. The number of benzene rings is 3. The normalized spacial score (nSPS) is 12.0. The summed E-state index contributed by atoms with van der Waals surface area (Å²) < 4.78 is 10.9. The first kappa shape index (κ1) is 20.9. The molecule has 0 aromatic heterocycles. The Balaban J connectivity index is 1.62. The summed E-state index contributed by atoms with van der Waals surface area (Å²) >= 11 is 0. The van der Waals surface area contributed by atoms with Gasteiger partial charge in [-0.25, -0.2) is 0 Å². The van der Waals surface area contributed by atoms with Gasteiger partial charge in [0.1, 0.15) is 24.2 Å². The summed E-state index contributed by atoms with van der Waals surface area (Å²) in [6.07, 6.45) is -0.593. The van der Waals surface area contributed by atoms with Crippen molar-refractivity contribution in [2.24, 2.45) is 0 Å². The van der Waals surface area contributed by atoms with Gasteiger partial charge in [-0.3, -0.25) is 4.90 Å². The molecule has 1 atom stereocenters. The zero-order chi connectivity index (χ0) is 20.5. The van der Waals surface area contributed by atoms with Crippen molar-refractivity contribution >= 4 is 0 Å². The molecular weight excluding hydrogens is 362 g/mol. The van der Waals surface area contributed by atoms with Gasteiger partial charge in [-0.15, -0.1) is 0 Å². The van der Waals surface area contributed by atoms with Crippen molar-refractivity contribution < 1.29 is 14.6 Å². The summed E-state index contributed by atoms with van der Waals surface area (Å²) in [5, 5.41) is 10.6. The fourth-order valence-electron chi connectivity index (χ4n) is 3.27. The summed E-state index contributed by atoms with van der Waals surface area (Å²) in [7, 11) is 1.63. The van der Waals surface area contributed by atoms with Crippen LogP contribution in [0.25, 0.3) is 0 Å². The number of hydrogen-bond donors (Lipinski definition) is 1. The van der Waals surface area contributed by atoms with Crippen LogP contribution < -0.4 is 9.47 Å². The maximum absolute atomic E-state index is 10.6. The van der Waals surface area contributed by atoms with Crippen LogP contribution in [0.1, 0.15) is 16.7 Å². The smallest absolute Gasteiger partial charge is 0.119 e. The number of hydrogen-bond acceptors (Lipinski definition) is 4. The van der Waals surface area contributed by atoms with Gasteiger partial charge in [0.25, 0.3) is 0 Å². The Morgan fingerprint density at radius 1 is 0.828 bits per heavy atom. The molecule has 0 bridgehead atoms. The van der Waals surface area contributed by atoms with Gasteiger partial charge in [-0.05, 0) is 47.9 Å². The van der Waals surface area contributed by atoms with Gasteiger partial charge in [0.05, 0.1) is 7.11 Å². The van der Waals surface area contributed by atoms with Crippen molar-refractivity contribution in [3.63, 3.8) is 0 Å². The van der Waals surface area contributed by atoms with Gasteiger partial charge in [-0.1, -0.05) is 54.6 Å². The quantitative estimate of drug-likeness (QED) is 0.555. The standard InChI is InChI=1S/C25H29NO3/c1-20-8-6-7-11-22(20)17-26(16-21-9-4-3-5-10-21)18-23(27)19-29-25-14-12-24(28-2)13-15-25/h3-15,23,27H,16-19H2,1-2H3/t23-/m0/s1. The van der Waals surface area contributed by atoms with E-state index in [4.69, 9.17) is 9.47 Å². The van der Waals surface area contributed by atoms with Crippen LogP contribution in [0.2, 0.25) is 0 Å². The minimum atomic E-state index is -0.593. The fourth-order valence-corrected chi connectivity index (χ4v) is 3.27. The van der Waals surface area contributed by atoms with Gasteiger partial charge in [0, 0.05) is 19.6 Å². The lowest BCUT2D eigenvalue weighted by Crippen LogP contribution is -2.35. The molecule has 3 rings (SSSR count). The highest BCUT2D eigenvalue weighted by Gasteiger charge is 2.15. The molecule has 0 unspecified atom stereocenters. The third-order valence-corrected chi connectivity index (χ3v) is 4.87. The average molecular weight is 392 g/mol. The van der Waals surface area contributed by atoms with Crippen LogP contribution in [0.4, 0.5) is 0 Å². The molecule has 0 saturated heterocycles. The minimum Gasteiger partial charge on any atom is -0.497 e. The number of ether oxygens (including phenoxy) is 2. The average Bonchev–Trinajstić information content (AvgIpc) is 2.75. The third-order valence-electron chi connectivity index (χ3n) is 4.87. The monoisotopic (exact) mass is 391 g/mol. The number of aliphatic hydroxyl groups excluding tert-OH is 1. The molecular formula is C25H29NO3. The van der Waals surface area contributed by atoms with Crippen LogP contribution in [0, 0.1) is 6.92 Å². The van der Waals surface area contributed by atoms with Crippen LogP contribution in [0.3, 0.4) is 0 Å². The molecule has 0 radical (unpaired) electrons. The highest BCUT2D eigenvalue weighted by molar-refractivity contribution is 5.31. The van der Waals surface area contributed by atoms with E-state index in [0.29, 0.717) is 6.54 Å². The molecule has 0 spiro atoms. The SMILES string of the molecule is COc1ccc(OC[C@@H](O)CN(Cc2ccccc2)Cc2ccccc2C)cc1. The van der Waals surface area contributed by atoms with E-state index in [9.17, 15) is 5.11 Å². The van der Waals surface area contributed by atoms with Crippen LogP contribution in [-0.4, -0.2) is 36.4 Å². The molecule has 0 aliphatic carbocycles. The van der Waals surface area contributed by atoms with Crippen LogP contribution in [-0.2, 0) is 13.1 Å². The maximum Gasteiger partial charge on any atom is 0.119 e. The Kier molecular flexibility index (Phi) is 7.68. The summed E-state index contributed by atoms with van der Waals surface area (Å²) in [5.74, 6) is 1.50. The van der Waals surface area contributed by atoms with Crippen LogP contribution in [0.5, 0.6) is 11.5 Å². The molecule has 4 heteroatoms. The van der Waals surface area contributed by atoms with E-state index in [1.165, 1.54) is 16.7 Å². The first-order valence-electron chi connectivity index (χ1n) is 9.90. The molecule has 0 aliphatic heterocycles. The second-order valence-electron chi connectivity index (χ2n) is 7.22. The van der Waals surface area contributed by atoms with Crippen molar-refractivity contribution in [2.75, 3.05) is 20.3 Å². The van der Waals surface area contributed by atoms with Crippen LogP contribution in [0.15, 0.2) is 78.9 Å². The number of rotatable bonds is 10. The highest BCUT2D eigenvalue weighted by atomic mass is 16.5. The van der Waals surface area contributed by atoms with Crippen molar-refractivity contribution in [3.8, 4) is 11.5 Å². The molecule has 0 aliphatic rings. The second kappa shape index (κ2) is 10.6. The molecule has 3 aromatic rings. The summed E-state index contributed by atoms with van der Waals surface area (Å²) in [6, 6.07) is 26.1. The van der Waals surface area contributed by atoms with Gasteiger partial charge in [0.2, 0.25) is 0 Å². The van der Waals surface area contributed by atoms with Gasteiger partial charge < -0.3 is 14.6 Å². The van der Waals surface area contributed by atoms with E-state index < -0.39 is 6.10 Å². The second-order valence-corrected chi connectivity index (χ2v) is 7.22. The Hall–Kier alpha value is -2.82. The van der Waals surface area contributed by atoms with E-state index in [2.05, 4.69) is 48.2 Å². The first-order chi connectivity index (χ1) is 14.1. The first-order valence-corrected chi connectivity index (χ1v) is 9.90. The summed E-state index contributed by atoms with van der Waals surface area (Å²) in [6.45, 7) is 4.44. The van der Waals surface area contributed by atoms with Crippen molar-refractivity contribution in [3.05, 3.63) is 95.6 Å². The van der Waals surface area contributed by atoms with E-state index in [1.54, 1.807) is 7.11 Å². The largest absolute Gasteiger partial charge is 0.497 e.